The van der Waals surface area contributed by atoms with Crippen molar-refractivity contribution in [2.45, 2.75) is 52.2 Å². The van der Waals surface area contributed by atoms with E-state index in [1.807, 2.05) is 44.2 Å². The number of hydrogen-bond acceptors (Lipinski definition) is 6. The van der Waals surface area contributed by atoms with Crippen molar-refractivity contribution < 1.29 is 24.2 Å². The second-order valence-electron chi connectivity index (χ2n) is 11.2. The van der Waals surface area contributed by atoms with Crippen LogP contribution in [0.3, 0.4) is 0 Å². The quantitative estimate of drug-likeness (QED) is 0.297. The maximum atomic E-state index is 13.9. The van der Waals surface area contributed by atoms with Crippen molar-refractivity contribution in [3.8, 4) is 11.5 Å². The number of nitrogens with one attached hydrogen (secondary N) is 1. The lowest BCUT2D eigenvalue weighted by Crippen LogP contribution is -2.40. The summed E-state index contributed by atoms with van der Waals surface area (Å²) >= 11 is 6.89. The summed E-state index contributed by atoms with van der Waals surface area (Å²) in [6, 6.07) is 18.8. The number of ketones is 1. The Kier molecular flexibility index (Phi) is 7.78. The molecule has 4 N–H and O–H groups in total. The van der Waals surface area contributed by atoms with E-state index in [1.165, 1.54) is 11.0 Å². The molecule has 1 heterocycles. The maximum absolute atomic E-state index is 13.9. The second kappa shape index (κ2) is 11.3. The molecule has 0 saturated heterocycles. The summed E-state index contributed by atoms with van der Waals surface area (Å²) in [5.74, 6) is -0.727. The number of hydrogen-bond donors (Lipinski definition) is 3. The molecule has 1 aliphatic carbocycles. The average molecular weight is 574 g/mol. The lowest BCUT2D eigenvalue weighted by Gasteiger charge is -2.37. The Morgan fingerprint density at radius 2 is 1.83 bits per heavy atom. The van der Waals surface area contributed by atoms with E-state index in [1.54, 1.807) is 30.3 Å². The molecule has 212 valence electrons. The van der Waals surface area contributed by atoms with Gasteiger partial charge in [-0.05, 0) is 47.2 Å². The van der Waals surface area contributed by atoms with Crippen LogP contribution in [-0.2, 0) is 21.0 Å². The first-order valence-corrected chi connectivity index (χ1v) is 13.8. The summed E-state index contributed by atoms with van der Waals surface area (Å²) in [6.45, 7) is 4.35. The molecule has 0 aromatic heterocycles. The van der Waals surface area contributed by atoms with Gasteiger partial charge in [-0.25, -0.2) is 0 Å². The number of phenols is 1. The molecule has 5 rings (SSSR count). The summed E-state index contributed by atoms with van der Waals surface area (Å²) in [4.78, 5) is 40.8. The zero-order valence-corrected chi connectivity index (χ0v) is 23.7. The van der Waals surface area contributed by atoms with Crippen LogP contribution in [0.5, 0.6) is 11.5 Å². The van der Waals surface area contributed by atoms with Crippen molar-refractivity contribution in [1.29, 1.82) is 0 Å². The van der Waals surface area contributed by atoms with E-state index >= 15 is 0 Å². The predicted molar refractivity (Wildman–Crippen MR) is 158 cm³/mol. The number of nitrogens with two attached hydrogens (primary N) is 1. The lowest BCUT2D eigenvalue weighted by molar-refractivity contribution is -0.124. The van der Waals surface area contributed by atoms with E-state index < -0.39 is 17.9 Å². The zero-order valence-electron chi connectivity index (χ0n) is 22.9. The monoisotopic (exact) mass is 573 g/mol. The van der Waals surface area contributed by atoms with Gasteiger partial charge in [0.2, 0.25) is 11.8 Å². The number of fused-ring (bicyclic) bond motifs is 1. The van der Waals surface area contributed by atoms with Crippen LogP contribution in [0.2, 0.25) is 5.02 Å². The molecule has 0 radical (unpaired) electrons. The number of aromatic hydroxyl groups is 1. The fraction of sp³-hybridized carbons (Fsp3) is 0.281. The van der Waals surface area contributed by atoms with Crippen molar-refractivity contribution in [2.24, 2.45) is 11.1 Å². The van der Waals surface area contributed by atoms with Crippen molar-refractivity contribution in [3.63, 3.8) is 0 Å². The van der Waals surface area contributed by atoms with Gasteiger partial charge in [0.25, 0.3) is 0 Å². The SMILES string of the molecule is CC1(C)CC(=O)C2=C(C1)Nc1c(O)cccc1N(C(=O)CCC(N)=O)C2c1ccc(OCc2ccccc2)cc1Cl. The van der Waals surface area contributed by atoms with Gasteiger partial charge in [0.1, 0.15) is 23.8 Å². The molecule has 0 saturated carbocycles. The molecule has 3 aromatic rings. The number of primary amides is 1. The number of amides is 2. The van der Waals surface area contributed by atoms with Gasteiger partial charge in [-0.3, -0.25) is 19.3 Å². The first kappa shape index (κ1) is 28.2. The summed E-state index contributed by atoms with van der Waals surface area (Å²) < 4.78 is 5.97. The third-order valence-electron chi connectivity index (χ3n) is 7.38. The number of ether oxygens (including phenoxy) is 1. The number of benzene rings is 3. The minimum Gasteiger partial charge on any atom is -0.506 e. The van der Waals surface area contributed by atoms with Gasteiger partial charge in [-0.15, -0.1) is 0 Å². The number of rotatable bonds is 7. The number of carbonyl (C=O) groups excluding carboxylic acids is 3. The fourth-order valence-corrected chi connectivity index (χ4v) is 5.80. The Bertz CT molecular complexity index is 1550. The third-order valence-corrected chi connectivity index (χ3v) is 7.70. The van der Waals surface area contributed by atoms with Gasteiger partial charge < -0.3 is 20.9 Å². The molecule has 1 aliphatic heterocycles. The topological polar surface area (TPSA) is 122 Å². The normalized spacial score (nSPS) is 17.7. The van der Waals surface area contributed by atoms with Crippen LogP contribution in [0.25, 0.3) is 0 Å². The molecule has 9 heteroatoms. The van der Waals surface area contributed by atoms with E-state index in [0.717, 1.165) is 5.56 Å². The fourth-order valence-electron chi connectivity index (χ4n) is 5.52. The van der Waals surface area contributed by atoms with E-state index in [9.17, 15) is 19.5 Å². The Balaban J connectivity index is 1.65. The van der Waals surface area contributed by atoms with Crippen molar-refractivity contribution in [3.05, 3.63) is 94.1 Å². The highest BCUT2D eigenvalue weighted by atomic mass is 35.5. The Labute approximate surface area is 243 Å². The smallest absolute Gasteiger partial charge is 0.228 e. The Morgan fingerprint density at radius 1 is 1.07 bits per heavy atom. The zero-order chi connectivity index (χ0) is 29.3. The Hall–Kier alpha value is -4.30. The number of Topliss-reactive ketones (excluding diaryl/α,β-unsaturated/α-hetero) is 1. The van der Waals surface area contributed by atoms with E-state index in [2.05, 4.69) is 5.32 Å². The highest BCUT2D eigenvalue weighted by molar-refractivity contribution is 6.31. The van der Waals surface area contributed by atoms with E-state index in [-0.39, 0.29) is 36.2 Å². The molecule has 2 amide bonds. The van der Waals surface area contributed by atoms with Gasteiger partial charge >= 0.3 is 0 Å². The third kappa shape index (κ3) is 5.93. The van der Waals surface area contributed by atoms with Gasteiger partial charge in [0, 0.05) is 35.6 Å². The molecule has 0 spiro atoms. The van der Waals surface area contributed by atoms with E-state index in [4.69, 9.17) is 22.1 Å². The lowest BCUT2D eigenvalue weighted by atomic mass is 9.73. The van der Waals surface area contributed by atoms with Gasteiger partial charge in [0.05, 0.1) is 11.7 Å². The molecule has 1 atom stereocenters. The van der Waals surface area contributed by atoms with Crippen LogP contribution in [0, 0.1) is 5.41 Å². The van der Waals surface area contributed by atoms with Crippen LogP contribution >= 0.6 is 11.6 Å². The van der Waals surface area contributed by atoms with Gasteiger partial charge in [0.15, 0.2) is 5.78 Å². The second-order valence-corrected chi connectivity index (χ2v) is 11.6. The summed E-state index contributed by atoms with van der Waals surface area (Å²) in [5.41, 5.74) is 8.23. The standard InChI is InChI=1S/C32H32ClN3O5/c1-32(2)16-23-29(26(38)17-32)31(21-12-11-20(15-22(21)33)41-18-19-7-4-3-5-8-19)36(28(40)14-13-27(34)39)24-9-6-10-25(37)30(24)35-23/h3-12,15,31,35,37H,13-14,16-18H2,1-2H3,(H2,34,39). The maximum Gasteiger partial charge on any atom is 0.228 e. The number of phenolic OH excluding ortho intramolecular Hbond substituents is 1. The van der Waals surface area contributed by atoms with Crippen molar-refractivity contribution in [2.75, 3.05) is 10.2 Å². The highest BCUT2D eigenvalue weighted by Crippen LogP contribution is 2.51. The van der Waals surface area contributed by atoms with Crippen LogP contribution in [0.15, 0.2) is 78.0 Å². The molecule has 1 unspecified atom stereocenters. The van der Waals surface area contributed by atoms with E-state index in [0.29, 0.717) is 52.0 Å². The Morgan fingerprint density at radius 3 is 2.54 bits per heavy atom. The molecule has 2 aliphatic rings. The molecule has 0 fully saturated rings. The molecular weight excluding hydrogens is 542 g/mol. The number of nitrogens with zero attached hydrogens (tertiary/aromatic N) is 1. The first-order chi connectivity index (χ1) is 19.5. The van der Waals surface area contributed by atoms with Crippen LogP contribution in [0.1, 0.15) is 56.7 Å². The van der Waals surface area contributed by atoms with Gasteiger partial charge in [-0.1, -0.05) is 67.9 Å². The number of carbonyl (C=O) groups is 3. The first-order valence-electron chi connectivity index (χ1n) is 13.5. The number of halogens is 1. The number of allylic oxidation sites excluding steroid dienone is 1. The summed E-state index contributed by atoms with van der Waals surface area (Å²) in [6.07, 6.45) is 0.429. The summed E-state index contributed by atoms with van der Waals surface area (Å²) in [5, 5.41) is 14.5. The number of anilines is 2. The predicted octanol–water partition coefficient (Wildman–Crippen LogP) is 6.03. The molecule has 8 nitrogen and oxygen atoms in total. The van der Waals surface area contributed by atoms with Crippen LogP contribution in [-0.4, -0.2) is 22.7 Å². The largest absolute Gasteiger partial charge is 0.506 e. The molecule has 3 aromatic carbocycles. The highest BCUT2D eigenvalue weighted by Gasteiger charge is 2.44. The van der Waals surface area contributed by atoms with Crippen LogP contribution in [0.4, 0.5) is 11.4 Å². The number of para-hydroxylation sites is 1. The molecule has 41 heavy (non-hydrogen) atoms. The average Bonchev–Trinajstić information content (AvgIpc) is 3.06. The van der Waals surface area contributed by atoms with Crippen molar-refractivity contribution >= 4 is 40.6 Å². The van der Waals surface area contributed by atoms with Crippen LogP contribution < -0.4 is 20.7 Å². The van der Waals surface area contributed by atoms with Gasteiger partial charge in [-0.2, -0.15) is 0 Å². The molecule has 0 bridgehead atoms. The minimum absolute atomic E-state index is 0.0747. The minimum atomic E-state index is -0.916. The van der Waals surface area contributed by atoms with Crippen molar-refractivity contribution in [1.82, 2.24) is 0 Å². The summed E-state index contributed by atoms with van der Waals surface area (Å²) in [7, 11) is 0. The molecular formula is C32H32ClN3O5.